The maximum absolute atomic E-state index is 12.5. The molecule has 2 aromatic heterocycles. The van der Waals surface area contributed by atoms with Gasteiger partial charge in [-0.3, -0.25) is 9.78 Å². The number of carbonyl (C=O) groups is 1. The Morgan fingerprint density at radius 3 is 2.34 bits per heavy atom. The van der Waals surface area contributed by atoms with E-state index in [1.807, 2.05) is 54.6 Å². The second kappa shape index (κ2) is 12.5. The second-order valence-electron chi connectivity index (χ2n) is 8.81. The third-order valence-electron chi connectivity index (χ3n) is 6.22. The van der Waals surface area contributed by atoms with Crippen LogP contribution in [-0.2, 0) is 12.3 Å². The summed E-state index contributed by atoms with van der Waals surface area (Å²) < 4.78 is 0. The minimum atomic E-state index is -0.118. The van der Waals surface area contributed by atoms with Crippen molar-refractivity contribution >= 4 is 52.4 Å². The van der Waals surface area contributed by atoms with Crippen LogP contribution >= 0.6 is 35.0 Å². The molecule has 1 N–H and O–H groups in total. The summed E-state index contributed by atoms with van der Waals surface area (Å²) in [6.45, 7) is 3.88. The third-order valence-corrected chi connectivity index (χ3v) is 7.58. The number of pyridine rings is 1. The van der Waals surface area contributed by atoms with E-state index in [0.717, 1.165) is 48.1 Å². The number of nitrogens with zero attached hydrogens (tertiary/aromatic N) is 5. The van der Waals surface area contributed by atoms with Crippen molar-refractivity contribution in [3.05, 3.63) is 106 Å². The van der Waals surface area contributed by atoms with E-state index in [1.54, 1.807) is 12.4 Å². The molecule has 0 spiro atoms. The van der Waals surface area contributed by atoms with Gasteiger partial charge < -0.3 is 15.1 Å². The Balaban J connectivity index is 1.14. The van der Waals surface area contributed by atoms with Gasteiger partial charge in [0.25, 0.3) is 5.91 Å². The zero-order chi connectivity index (χ0) is 26.3. The van der Waals surface area contributed by atoms with Crippen molar-refractivity contribution in [3.63, 3.8) is 0 Å². The first-order valence-corrected chi connectivity index (χ1v) is 14.0. The Hall–Kier alpha value is -3.33. The number of nitrogens with one attached hydrogen (secondary N) is 1. The SMILES string of the molecule is O=C(NCc1cccnc1)c1ccc(CSc2nc(Cl)cc(N3CCN(c4ccc(Cl)cc4)CC3)n2)cc1. The maximum Gasteiger partial charge on any atom is 0.251 e. The van der Waals surface area contributed by atoms with E-state index in [0.29, 0.717) is 28.2 Å². The predicted octanol–water partition coefficient (Wildman–Crippen LogP) is 5.73. The molecule has 38 heavy (non-hydrogen) atoms. The summed E-state index contributed by atoms with van der Waals surface area (Å²) in [4.78, 5) is 30.3. The van der Waals surface area contributed by atoms with Crippen LogP contribution < -0.4 is 15.1 Å². The summed E-state index contributed by atoms with van der Waals surface area (Å²) >= 11 is 13.9. The molecular weight excluding hydrogens is 539 g/mol. The van der Waals surface area contributed by atoms with Crippen LogP contribution in [-0.4, -0.2) is 47.0 Å². The molecule has 1 amide bonds. The van der Waals surface area contributed by atoms with E-state index < -0.39 is 0 Å². The van der Waals surface area contributed by atoms with Gasteiger partial charge in [-0.25, -0.2) is 9.97 Å². The van der Waals surface area contributed by atoms with Gasteiger partial charge in [-0.1, -0.05) is 53.2 Å². The van der Waals surface area contributed by atoms with Gasteiger partial charge >= 0.3 is 0 Å². The summed E-state index contributed by atoms with van der Waals surface area (Å²) in [5, 5.41) is 4.72. The Bertz CT molecular complexity index is 1360. The molecule has 194 valence electrons. The molecule has 7 nitrogen and oxygen atoms in total. The number of hydrogen-bond acceptors (Lipinski definition) is 7. The third kappa shape index (κ3) is 6.95. The molecule has 3 heterocycles. The number of thioether (sulfide) groups is 1. The monoisotopic (exact) mass is 564 g/mol. The molecule has 1 fully saturated rings. The first-order chi connectivity index (χ1) is 18.5. The number of benzene rings is 2. The molecule has 0 saturated carbocycles. The Morgan fingerprint density at radius 2 is 1.63 bits per heavy atom. The van der Waals surface area contributed by atoms with Crippen molar-refractivity contribution in [2.45, 2.75) is 17.5 Å². The summed E-state index contributed by atoms with van der Waals surface area (Å²) in [6, 6.07) is 21.1. The smallest absolute Gasteiger partial charge is 0.251 e. The lowest BCUT2D eigenvalue weighted by Crippen LogP contribution is -2.46. The predicted molar refractivity (Wildman–Crippen MR) is 154 cm³/mol. The lowest BCUT2D eigenvalue weighted by Gasteiger charge is -2.36. The average molecular weight is 566 g/mol. The van der Waals surface area contributed by atoms with Crippen molar-refractivity contribution in [2.24, 2.45) is 0 Å². The Morgan fingerprint density at radius 1 is 0.895 bits per heavy atom. The summed E-state index contributed by atoms with van der Waals surface area (Å²) in [5.74, 6) is 1.39. The zero-order valence-electron chi connectivity index (χ0n) is 20.6. The zero-order valence-corrected chi connectivity index (χ0v) is 22.9. The molecule has 0 unspecified atom stereocenters. The van der Waals surface area contributed by atoms with Gasteiger partial charge in [-0.2, -0.15) is 0 Å². The fourth-order valence-corrected chi connectivity index (χ4v) is 5.31. The average Bonchev–Trinajstić information content (AvgIpc) is 2.96. The molecule has 4 aromatic rings. The highest BCUT2D eigenvalue weighted by molar-refractivity contribution is 7.98. The van der Waals surface area contributed by atoms with Gasteiger partial charge in [-0.15, -0.1) is 0 Å². The number of halogens is 2. The Labute approximate surface area is 236 Å². The topological polar surface area (TPSA) is 74.2 Å². The van der Waals surface area contributed by atoms with Crippen molar-refractivity contribution in [1.29, 1.82) is 0 Å². The van der Waals surface area contributed by atoms with Crippen LogP contribution in [0.2, 0.25) is 10.2 Å². The van der Waals surface area contributed by atoms with E-state index in [9.17, 15) is 4.79 Å². The number of aromatic nitrogens is 3. The summed E-state index contributed by atoms with van der Waals surface area (Å²) in [5.41, 5.74) is 3.81. The molecular formula is C28H26Cl2N6OS. The van der Waals surface area contributed by atoms with Gasteiger partial charge in [0.2, 0.25) is 0 Å². The summed E-state index contributed by atoms with van der Waals surface area (Å²) in [7, 11) is 0. The van der Waals surface area contributed by atoms with Crippen LogP contribution in [0.15, 0.2) is 84.3 Å². The molecule has 2 aromatic carbocycles. The van der Waals surface area contributed by atoms with Crippen LogP contribution in [0.1, 0.15) is 21.5 Å². The highest BCUT2D eigenvalue weighted by Gasteiger charge is 2.20. The van der Waals surface area contributed by atoms with Crippen molar-refractivity contribution in [2.75, 3.05) is 36.0 Å². The Kier molecular flexibility index (Phi) is 8.63. The first kappa shape index (κ1) is 26.3. The second-order valence-corrected chi connectivity index (χ2v) is 10.6. The molecule has 0 atom stereocenters. The van der Waals surface area contributed by atoms with Crippen molar-refractivity contribution in [3.8, 4) is 0 Å². The van der Waals surface area contributed by atoms with Gasteiger partial charge in [0.05, 0.1) is 0 Å². The van der Waals surface area contributed by atoms with Crippen molar-refractivity contribution < 1.29 is 4.79 Å². The minimum absolute atomic E-state index is 0.118. The minimum Gasteiger partial charge on any atom is -0.368 e. The molecule has 0 aliphatic carbocycles. The van der Waals surface area contributed by atoms with Crippen LogP contribution in [0, 0.1) is 0 Å². The first-order valence-electron chi connectivity index (χ1n) is 12.2. The van der Waals surface area contributed by atoms with Crippen LogP contribution in [0.4, 0.5) is 11.5 Å². The highest BCUT2D eigenvalue weighted by Crippen LogP contribution is 2.26. The maximum atomic E-state index is 12.5. The normalized spacial score (nSPS) is 13.4. The van der Waals surface area contributed by atoms with Crippen LogP contribution in [0.5, 0.6) is 0 Å². The van der Waals surface area contributed by atoms with Crippen molar-refractivity contribution in [1.82, 2.24) is 20.3 Å². The lowest BCUT2D eigenvalue weighted by molar-refractivity contribution is 0.0951. The molecule has 0 radical (unpaired) electrons. The van der Waals surface area contributed by atoms with Gasteiger partial charge in [0.1, 0.15) is 11.0 Å². The number of hydrogen-bond donors (Lipinski definition) is 1. The summed E-state index contributed by atoms with van der Waals surface area (Å²) in [6.07, 6.45) is 3.45. The number of piperazine rings is 1. The van der Waals surface area contributed by atoms with E-state index >= 15 is 0 Å². The number of carbonyl (C=O) groups excluding carboxylic acids is 1. The van der Waals surface area contributed by atoms with E-state index in [2.05, 4.69) is 37.2 Å². The fraction of sp³-hybridized carbons (Fsp3) is 0.214. The van der Waals surface area contributed by atoms with E-state index in [4.69, 9.17) is 28.2 Å². The molecule has 5 rings (SSSR count). The van der Waals surface area contributed by atoms with Crippen LogP contribution in [0.3, 0.4) is 0 Å². The standard InChI is InChI=1S/C28H26Cl2N6OS/c29-23-7-9-24(10-8-23)35-12-14-36(15-13-35)26-16-25(30)33-28(34-26)38-19-20-3-5-22(6-4-20)27(37)32-18-21-2-1-11-31-17-21/h1-11,16-17H,12-15,18-19H2,(H,32,37). The van der Waals surface area contributed by atoms with E-state index in [1.165, 1.54) is 17.4 Å². The number of amides is 1. The van der Waals surface area contributed by atoms with E-state index in [-0.39, 0.29) is 5.91 Å². The lowest BCUT2D eigenvalue weighted by atomic mass is 10.1. The number of anilines is 2. The largest absolute Gasteiger partial charge is 0.368 e. The molecule has 10 heteroatoms. The number of rotatable bonds is 8. The quantitative estimate of drug-likeness (QED) is 0.166. The molecule has 1 aliphatic heterocycles. The highest BCUT2D eigenvalue weighted by atomic mass is 35.5. The molecule has 0 bridgehead atoms. The van der Waals surface area contributed by atoms with Crippen LogP contribution in [0.25, 0.3) is 0 Å². The fourth-order valence-electron chi connectivity index (χ4n) is 4.14. The van der Waals surface area contributed by atoms with Gasteiger partial charge in [0.15, 0.2) is 5.16 Å². The molecule has 1 saturated heterocycles. The van der Waals surface area contributed by atoms with Gasteiger partial charge in [-0.05, 0) is 53.6 Å². The van der Waals surface area contributed by atoms with Gasteiger partial charge in [0, 0.05) is 73.2 Å². The molecule has 1 aliphatic rings.